The molecule has 5 heteroatoms. The van der Waals surface area contributed by atoms with Crippen LogP contribution in [0.1, 0.15) is 48.4 Å². The number of unbranched alkanes of at least 4 members (excludes halogenated alkanes) is 1. The molecule has 0 aliphatic heterocycles. The fourth-order valence-corrected chi connectivity index (χ4v) is 5.11. The number of benzene rings is 3. The van der Waals surface area contributed by atoms with Crippen molar-refractivity contribution in [1.82, 2.24) is 9.88 Å². The van der Waals surface area contributed by atoms with Gasteiger partial charge in [0.1, 0.15) is 11.4 Å². The third-order valence-electron chi connectivity index (χ3n) is 6.64. The van der Waals surface area contributed by atoms with Crippen molar-refractivity contribution in [2.75, 3.05) is 32.5 Å². The van der Waals surface area contributed by atoms with Crippen molar-refractivity contribution in [3.8, 4) is 0 Å². The van der Waals surface area contributed by atoms with Gasteiger partial charge in [-0.05, 0) is 61.8 Å². The van der Waals surface area contributed by atoms with Gasteiger partial charge in [-0.3, -0.25) is 0 Å². The van der Waals surface area contributed by atoms with E-state index in [0.29, 0.717) is 6.42 Å². The maximum absolute atomic E-state index is 12.3. The molecule has 36 heavy (non-hydrogen) atoms. The topological polar surface area (TPSA) is 48.4 Å². The molecular weight excluding hydrogens is 510 g/mol. The fourth-order valence-electron chi connectivity index (χ4n) is 4.63. The summed E-state index contributed by atoms with van der Waals surface area (Å²) < 4.78 is 0.934. The van der Waals surface area contributed by atoms with Crippen LogP contribution in [0.25, 0.3) is 10.9 Å². The third-order valence-corrected chi connectivity index (χ3v) is 7.10. The Morgan fingerprint density at radius 1 is 0.972 bits per heavy atom. The predicted octanol–water partition coefficient (Wildman–Crippen LogP) is 6.99. The van der Waals surface area contributed by atoms with Crippen LogP contribution in [0.15, 0.2) is 83.3 Å². The zero-order valence-corrected chi connectivity index (χ0v) is 23.1. The fraction of sp³-hybridized carbons (Fsp3) is 0.323. The first-order chi connectivity index (χ1) is 17.4. The number of aliphatic hydroxyl groups is 1. The van der Waals surface area contributed by atoms with E-state index >= 15 is 0 Å². The van der Waals surface area contributed by atoms with Gasteiger partial charge >= 0.3 is 0 Å². The van der Waals surface area contributed by atoms with Gasteiger partial charge in [-0.15, -0.1) is 0 Å². The molecule has 4 aromatic rings. The maximum Gasteiger partial charge on any atom is 0.130 e. The molecule has 1 heterocycles. The van der Waals surface area contributed by atoms with E-state index in [4.69, 9.17) is 4.98 Å². The van der Waals surface area contributed by atoms with Crippen LogP contribution in [-0.4, -0.2) is 42.2 Å². The minimum atomic E-state index is -1.18. The van der Waals surface area contributed by atoms with Gasteiger partial charge in [0.05, 0.1) is 5.52 Å². The summed E-state index contributed by atoms with van der Waals surface area (Å²) in [7, 11) is 4.07. The number of nitrogens with zero attached hydrogens (tertiary/aromatic N) is 2. The molecule has 188 valence electrons. The lowest BCUT2D eigenvalue weighted by molar-refractivity contribution is 0.0641. The number of fused-ring (bicyclic) bond motifs is 1. The van der Waals surface area contributed by atoms with E-state index in [1.165, 1.54) is 5.56 Å². The lowest BCUT2D eigenvalue weighted by Gasteiger charge is -2.32. The van der Waals surface area contributed by atoms with Gasteiger partial charge in [0.2, 0.25) is 0 Å². The number of pyridine rings is 1. The zero-order valence-electron chi connectivity index (χ0n) is 21.5. The smallest absolute Gasteiger partial charge is 0.130 e. The molecule has 4 nitrogen and oxygen atoms in total. The summed E-state index contributed by atoms with van der Waals surface area (Å²) in [6, 6.07) is 26.8. The molecule has 0 saturated carbocycles. The second kappa shape index (κ2) is 12.0. The van der Waals surface area contributed by atoms with Crippen LogP contribution in [0.3, 0.4) is 0 Å². The van der Waals surface area contributed by atoms with Crippen LogP contribution in [0.2, 0.25) is 0 Å². The molecule has 4 rings (SSSR count). The van der Waals surface area contributed by atoms with E-state index < -0.39 is 5.60 Å². The SMILES string of the molecule is CCCCNc1nc2c(C(O)(CCN(C)C)c3ccccc3)cc(Br)cc2cc1Cc1ccccc1. The summed E-state index contributed by atoms with van der Waals surface area (Å²) in [6.45, 7) is 3.81. The van der Waals surface area contributed by atoms with Gasteiger partial charge in [-0.1, -0.05) is 89.9 Å². The van der Waals surface area contributed by atoms with Crippen molar-refractivity contribution < 1.29 is 5.11 Å². The first-order valence-electron chi connectivity index (χ1n) is 12.7. The monoisotopic (exact) mass is 545 g/mol. The minimum absolute atomic E-state index is 0.557. The van der Waals surface area contributed by atoms with Gasteiger partial charge < -0.3 is 15.3 Å². The summed E-state index contributed by atoms with van der Waals surface area (Å²) in [4.78, 5) is 7.31. The molecule has 0 saturated heterocycles. The Labute approximate surface area is 223 Å². The highest BCUT2D eigenvalue weighted by molar-refractivity contribution is 9.10. The molecule has 1 aromatic heterocycles. The molecule has 2 N–H and O–H groups in total. The maximum atomic E-state index is 12.3. The van der Waals surface area contributed by atoms with Crippen LogP contribution in [0.5, 0.6) is 0 Å². The Balaban J connectivity index is 1.89. The lowest BCUT2D eigenvalue weighted by atomic mass is 9.82. The van der Waals surface area contributed by atoms with E-state index in [0.717, 1.165) is 70.2 Å². The third kappa shape index (κ3) is 6.15. The second-order valence-corrected chi connectivity index (χ2v) is 10.7. The first kappa shape index (κ1) is 26.3. The average Bonchev–Trinajstić information content (AvgIpc) is 2.88. The van der Waals surface area contributed by atoms with Gasteiger partial charge in [0, 0.05) is 34.9 Å². The summed E-state index contributed by atoms with van der Waals surface area (Å²) in [5, 5.41) is 16.9. The Morgan fingerprint density at radius 2 is 1.67 bits per heavy atom. The summed E-state index contributed by atoms with van der Waals surface area (Å²) in [6.07, 6.45) is 3.55. The molecule has 1 atom stereocenters. The van der Waals surface area contributed by atoms with Gasteiger partial charge in [0.15, 0.2) is 0 Å². The molecule has 0 bridgehead atoms. The number of halogens is 1. The van der Waals surface area contributed by atoms with E-state index in [2.05, 4.69) is 69.5 Å². The van der Waals surface area contributed by atoms with E-state index in [1.807, 2.05) is 56.6 Å². The van der Waals surface area contributed by atoms with E-state index in [9.17, 15) is 5.11 Å². The molecule has 1 unspecified atom stereocenters. The van der Waals surface area contributed by atoms with Crippen molar-refractivity contribution in [2.24, 2.45) is 0 Å². The van der Waals surface area contributed by atoms with E-state index in [-0.39, 0.29) is 0 Å². The molecule has 0 aliphatic carbocycles. The van der Waals surface area contributed by atoms with Crippen LogP contribution in [0.4, 0.5) is 5.82 Å². The number of anilines is 1. The molecular formula is C31H36BrN3O. The van der Waals surface area contributed by atoms with Crippen LogP contribution in [-0.2, 0) is 12.0 Å². The standard InChI is InChI=1S/C31H36BrN3O/c1-4-5-17-33-30-25(19-23-12-8-6-9-13-23)20-24-21-27(32)22-28(29(24)34-30)31(36,16-18-35(2)3)26-14-10-7-11-15-26/h6-15,20-22,36H,4-5,16-19H2,1-3H3,(H,33,34). The molecule has 0 fully saturated rings. The Hall–Kier alpha value is -2.73. The molecule has 0 amide bonds. The molecule has 3 aromatic carbocycles. The van der Waals surface area contributed by atoms with Crippen LogP contribution >= 0.6 is 15.9 Å². The largest absolute Gasteiger partial charge is 0.380 e. The number of hydrogen-bond acceptors (Lipinski definition) is 4. The summed E-state index contributed by atoms with van der Waals surface area (Å²) >= 11 is 3.72. The number of hydrogen-bond donors (Lipinski definition) is 2. The highest BCUT2D eigenvalue weighted by atomic mass is 79.9. The highest BCUT2D eigenvalue weighted by Crippen LogP contribution is 2.39. The molecule has 0 aliphatic rings. The van der Waals surface area contributed by atoms with Gasteiger partial charge in [0.25, 0.3) is 0 Å². The van der Waals surface area contributed by atoms with Crippen molar-refractivity contribution in [2.45, 2.75) is 38.2 Å². The number of rotatable bonds is 11. The number of nitrogens with one attached hydrogen (secondary N) is 1. The van der Waals surface area contributed by atoms with E-state index in [1.54, 1.807) is 0 Å². The Bertz CT molecular complexity index is 1280. The second-order valence-electron chi connectivity index (χ2n) is 9.74. The first-order valence-corrected chi connectivity index (χ1v) is 13.5. The van der Waals surface area contributed by atoms with Crippen LogP contribution < -0.4 is 5.32 Å². The van der Waals surface area contributed by atoms with Gasteiger partial charge in [-0.25, -0.2) is 4.98 Å². The summed E-state index contributed by atoms with van der Waals surface area (Å²) in [5.74, 6) is 0.895. The Kier molecular flexibility index (Phi) is 8.78. The Morgan fingerprint density at radius 3 is 2.33 bits per heavy atom. The predicted molar refractivity (Wildman–Crippen MR) is 155 cm³/mol. The number of aromatic nitrogens is 1. The van der Waals surface area contributed by atoms with Crippen molar-refractivity contribution in [1.29, 1.82) is 0 Å². The van der Waals surface area contributed by atoms with Crippen LogP contribution in [0, 0.1) is 0 Å². The highest BCUT2D eigenvalue weighted by Gasteiger charge is 2.34. The van der Waals surface area contributed by atoms with Crippen molar-refractivity contribution in [3.63, 3.8) is 0 Å². The van der Waals surface area contributed by atoms with Crippen molar-refractivity contribution in [3.05, 3.63) is 106 Å². The quantitative estimate of drug-likeness (QED) is 0.199. The normalized spacial score (nSPS) is 13.2. The minimum Gasteiger partial charge on any atom is -0.380 e. The van der Waals surface area contributed by atoms with Crippen molar-refractivity contribution >= 4 is 32.7 Å². The molecule has 0 spiro atoms. The molecule has 0 radical (unpaired) electrons. The van der Waals surface area contributed by atoms with Gasteiger partial charge in [-0.2, -0.15) is 0 Å². The average molecular weight is 547 g/mol. The lowest BCUT2D eigenvalue weighted by Crippen LogP contribution is -2.32. The summed E-state index contributed by atoms with van der Waals surface area (Å²) in [5.41, 5.74) is 3.76. The zero-order chi connectivity index (χ0) is 25.5.